The van der Waals surface area contributed by atoms with Crippen LogP contribution in [0.1, 0.15) is 40.6 Å². The molecule has 7 nitrogen and oxygen atoms in total. The number of alkyl halides is 3. The van der Waals surface area contributed by atoms with Crippen LogP contribution in [0.2, 0.25) is 0 Å². The number of hydrogen-bond acceptors (Lipinski definition) is 5. The average molecular weight is 402 g/mol. The Balaban J connectivity index is 1.39. The van der Waals surface area contributed by atoms with Crippen molar-refractivity contribution in [1.29, 1.82) is 0 Å². The zero-order valence-electron chi connectivity index (χ0n) is 15.4. The maximum atomic E-state index is 12.8. The van der Waals surface area contributed by atoms with Crippen LogP contribution < -0.4 is 5.32 Å². The molecule has 4 rings (SSSR count). The van der Waals surface area contributed by atoms with Gasteiger partial charge in [-0.2, -0.15) is 13.2 Å². The normalized spacial score (nSPS) is 18.9. The molecule has 29 heavy (non-hydrogen) atoms. The van der Waals surface area contributed by atoms with Crippen LogP contribution in [0.25, 0.3) is 11.4 Å². The van der Waals surface area contributed by atoms with Crippen LogP contribution in [0.5, 0.6) is 0 Å². The highest BCUT2D eigenvalue weighted by Gasteiger charge is 2.36. The van der Waals surface area contributed by atoms with Gasteiger partial charge >= 0.3 is 6.18 Å². The molecular formula is C19H17F3N6O. The fourth-order valence-corrected chi connectivity index (χ4v) is 3.33. The molecule has 1 fully saturated rings. The van der Waals surface area contributed by atoms with Crippen molar-refractivity contribution in [2.75, 3.05) is 0 Å². The standard InChI is InChI=1S/C19H17F3N6O/c1-28-10-23-9-15(28)14-3-5-25-17(27-14)18(29)26-13-6-12(7-13)11-2-4-24-16(8-11)19(20,21)22/h2-5,8-10,12-13H,6-7H2,1H3,(H,26,29). The van der Waals surface area contributed by atoms with Crippen molar-refractivity contribution in [3.63, 3.8) is 0 Å². The van der Waals surface area contributed by atoms with Crippen LogP contribution in [0.15, 0.2) is 43.1 Å². The molecule has 1 saturated carbocycles. The van der Waals surface area contributed by atoms with Gasteiger partial charge in [-0.1, -0.05) is 0 Å². The molecule has 0 radical (unpaired) electrons. The lowest BCUT2D eigenvalue weighted by Crippen LogP contribution is -2.44. The van der Waals surface area contributed by atoms with Gasteiger partial charge in [-0.05, 0) is 42.5 Å². The number of nitrogens with zero attached hydrogens (tertiary/aromatic N) is 5. The number of aryl methyl sites for hydroxylation is 1. The molecule has 1 aliphatic carbocycles. The van der Waals surface area contributed by atoms with Gasteiger partial charge in [0.15, 0.2) is 0 Å². The van der Waals surface area contributed by atoms with E-state index in [-0.39, 0.29) is 17.8 Å². The molecule has 0 aliphatic heterocycles. The van der Waals surface area contributed by atoms with Gasteiger partial charge in [0, 0.05) is 25.5 Å². The van der Waals surface area contributed by atoms with Crippen LogP contribution in [0.3, 0.4) is 0 Å². The Morgan fingerprint density at radius 2 is 1.97 bits per heavy atom. The molecule has 10 heteroatoms. The Morgan fingerprint density at radius 1 is 1.21 bits per heavy atom. The summed E-state index contributed by atoms with van der Waals surface area (Å²) in [5.41, 5.74) is 1.01. The SMILES string of the molecule is Cn1cncc1-c1ccnc(C(=O)NC2CC(c3ccnc(C(F)(F)F)c3)C2)n1. The number of pyridine rings is 1. The Kier molecular flexibility index (Phi) is 4.77. The molecule has 1 N–H and O–H groups in total. The van der Waals surface area contributed by atoms with Gasteiger partial charge in [-0.25, -0.2) is 15.0 Å². The highest BCUT2D eigenvalue weighted by molar-refractivity contribution is 5.91. The summed E-state index contributed by atoms with van der Waals surface area (Å²) >= 11 is 0. The summed E-state index contributed by atoms with van der Waals surface area (Å²) < 4.78 is 40.2. The summed E-state index contributed by atoms with van der Waals surface area (Å²) in [7, 11) is 1.82. The number of aromatic nitrogens is 5. The van der Waals surface area contributed by atoms with Crippen LogP contribution in [-0.2, 0) is 13.2 Å². The van der Waals surface area contributed by atoms with E-state index in [1.165, 1.54) is 12.4 Å². The molecule has 0 bridgehead atoms. The van der Waals surface area contributed by atoms with Crippen LogP contribution in [0.4, 0.5) is 13.2 Å². The summed E-state index contributed by atoms with van der Waals surface area (Å²) in [6.07, 6.45) is 2.58. The predicted molar refractivity (Wildman–Crippen MR) is 96.7 cm³/mol. The third kappa shape index (κ3) is 3.96. The van der Waals surface area contributed by atoms with Gasteiger partial charge < -0.3 is 9.88 Å². The summed E-state index contributed by atoms with van der Waals surface area (Å²) in [6, 6.07) is 4.20. The number of amides is 1. The molecule has 150 valence electrons. The molecule has 0 spiro atoms. The zero-order valence-corrected chi connectivity index (χ0v) is 15.4. The summed E-state index contributed by atoms with van der Waals surface area (Å²) in [5, 5.41) is 2.84. The second-order valence-corrected chi connectivity index (χ2v) is 6.97. The Hall–Kier alpha value is -3.30. The number of halogens is 3. The van der Waals surface area contributed by atoms with Gasteiger partial charge in [-0.15, -0.1) is 0 Å². The minimum absolute atomic E-state index is 0.0374. The molecule has 1 aliphatic rings. The van der Waals surface area contributed by atoms with E-state index in [0.717, 1.165) is 11.8 Å². The quantitative estimate of drug-likeness (QED) is 0.725. The van der Waals surface area contributed by atoms with Gasteiger partial charge in [0.1, 0.15) is 5.69 Å². The zero-order chi connectivity index (χ0) is 20.6. The number of carbonyl (C=O) groups excluding carboxylic acids is 1. The molecule has 0 unspecified atom stereocenters. The highest BCUT2D eigenvalue weighted by Crippen LogP contribution is 2.38. The van der Waals surface area contributed by atoms with Gasteiger partial charge in [0.25, 0.3) is 5.91 Å². The molecule has 3 aromatic heterocycles. The fourth-order valence-electron chi connectivity index (χ4n) is 3.33. The molecule has 0 saturated heterocycles. The summed E-state index contributed by atoms with van der Waals surface area (Å²) in [5.74, 6) is -0.426. The molecular weight excluding hydrogens is 385 g/mol. The molecule has 0 atom stereocenters. The van der Waals surface area contributed by atoms with Crippen molar-refractivity contribution in [3.8, 4) is 11.4 Å². The number of nitrogens with one attached hydrogen (secondary N) is 1. The molecule has 3 heterocycles. The fraction of sp³-hybridized carbons (Fsp3) is 0.316. The smallest absolute Gasteiger partial charge is 0.347 e. The number of imidazole rings is 1. The largest absolute Gasteiger partial charge is 0.433 e. The third-order valence-electron chi connectivity index (χ3n) is 4.96. The van der Waals surface area contributed by atoms with Crippen LogP contribution >= 0.6 is 0 Å². The molecule has 1 amide bonds. The van der Waals surface area contributed by atoms with E-state index >= 15 is 0 Å². The van der Waals surface area contributed by atoms with E-state index in [1.54, 1.807) is 29.2 Å². The number of hydrogen-bond donors (Lipinski definition) is 1. The second kappa shape index (κ2) is 7.26. The van der Waals surface area contributed by atoms with Crippen molar-refractivity contribution in [1.82, 2.24) is 29.8 Å². The lowest BCUT2D eigenvalue weighted by atomic mass is 9.76. The van der Waals surface area contributed by atoms with E-state index in [0.29, 0.717) is 24.1 Å². The summed E-state index contributed by atoms with van der Waals surface area (Å²) in [4.78, 5) is 28.2. The van der Waals surface area contributed by atoms with Gasteiger partial charge in [0.05, 0.1) is 23.9 Å². The molecule has 0 aromatic carbocycles. The minimum atomic E-state index is -4.47. The third-order valence-corrected chi connectivity index (χ3v) is 4.96. The average Bonchev–Trinajstić information content (AvgIpc) is 3.09. The van der Waals surface area contributed by atoms with E-state index in [4.69, 9.17) is 0 Å². The predicted octanol–water partition coefficient (Wildman–Crippen LogP) is 2.97. The topological polar surface area (TPSA) is 85.6 Å². The lowest BCUT2D eigenvalue weighted by molar-refractivity contribution is -0.141. The van der Waals surface area contributed by atoms with E-state index in [2.05, 4.69) is 25.3 Å². The first-order valence-corrected chi connectivity index (χ1v) is 8.95. The van der Waals surface area contributed by atoms with E-state index in [9.17, 15) is 18.0 Å². The molecule has 3 aromatic rings. The number of carbonyl (C=O) groups is 1. The van der Waals surface area contributed by atoms with Crippen molar-refractivity contribution in [3.05, 3.63) is 60.2 Å². The maximum Gasteiger partial charge on any atom is 0.433 e. The first-order chi connectivity index (χ1) is 13.8. The Morgan fingerprint density at radius 3 is 2.66 bits per heavy atom. The lowest BCUT2D eigenvalue weighted by Gasteiger charge is -2.36. The van der Waals surface area contributed by atoms with E-state index in [1.807, 2.05) is 7.05 Å². The van der Waals surface area contributed by atoms with Crippen molar-refractivity contribution < 1.29 is 18.0 Å². The number of rotatable bonds is 4. The van der Waals surface area contributed by atoms with Crippen LogP contribution in [0, 0.1) is 0 Å². The van der Waals surface area contributed by atoms with Crippen LogP contribution in [-0.4, -0.2) is 36.5 Å². The summed E-state index contributed by atoms with van der Waals surface area (Å²) in [6.45, 7) is 0. The van der Waals surface area contributed by atoms with Gasteiger partial charge in [-0.3, -0.25) is 9.78 Å². The first-order valence-electron chi connectivity index (χ1n) is 8.95. The second-order valence-electron chi connectivity index (χ2n) is 6.97. The minimum Gasteiger partial charge on any atom is -0.347 e. The monoisotopic (exact) mass is 402 g/mol. The Labute approximate surface area is 164 Å². The van der Waals surface area contributed by atoms with Gasteiger partial charge in [0.2, 0.25) is 5.82 Å². The van der Waals surface area contributed by atoms with E-state index < -0.39 is 17.8 Å². The first kappa shape index (κ1) is 19.0. The maximum absolute atomic E-state index is 12.8. The Bertz CT molecular complexity index is 1040. The highest BCUT2D eigenvalue weighted by atomic mass is 19.4. The van der Waals surface area contributed by atoms with Crippen molar-refractivity contribution in [2.45, 2.75) is 31.0 Å². The van der Waals surface area contributed by atoms with Crippen molar-refractivity contribution in [2.24, 2.45) is 7.05 Å². The van der Waals surface area contributed by atoms with Crippen molar-refractivity contribution >= 4 is 5.91 Å².